The van der Waals surface area contributed by atoms with Crippen molar-refractivity contribution in [3.05, 3.63) is 29.8 Å². The number of esters is 1. The fourth-order valence-electron chi connectivity index (χ4n) is 1.56. The lowest BCUT2D eigenvalue weighted by Gasteiger charge is -2.19. The molecule has 1 aromatic rings. The van der Waals surface area contributed by atoms with Crippen molar-refractivity contribution in [2.75, 3.05) is 0 Å². The van der Waals surface area contributed by atoms with Crippen LogP contribution < -0.4 is 16.3 Å². The van der Waals surface area contributed by atoms with Gasteiger partial charge in [0.05, 0.1) is 6.42 Å². The summed E-state index contributed by atoms with van der Waals surface area (Å²) in [4.78, 5) is 34.6. The van der Waals surface area contributed by atoms with E-state index >= 15 is 0 Å². The Balaban J connectivity index is 2.33. The van der Waals surface area contributed by atoms with E-state index in [1.165, 1.54) is 0 Å². The summed E-state index contributed by atoms with van der Waals surface area (Å²) in [6, 6.07) is 6.81. The van der Waals surface area contributed by atoms with E-state index in [1.54, 1.807) is 45.0 Å². The second kappa shape index (κ2) is 7.63. The number of hydrogen-bond acceptors (Lipinski definition) is 4. The molecule has 0 aliphatic heterocycles. The van der Waals surface area contributed by atoms with Gasteiger partial charge in [0.25, 0.3) is 0 Å². The predicted molar refractivity (Wildman–Crippen MR) is 82.3 cm³/mol. The molecule has 116 valence electrons. The van der Waals surface area contributed by atoms with E-state index < -0.39 is 29.8 Å². The zero-order chi connectivity index (χ0) is 16.8. The molecule has 0 atom stereocenters. The molecule has 0 aromatic heterocycles. The molecule has 0 saturated carbocycles. The lowest BCUT2D eigenvalue weighted by Crippen LogP contribution is -2.43. The molecule has 0 heterocycles. The van der Waals surface area contributed by atoms with Crippen LogP contribution in [0.15, 0.2) is 24.3 Å². The highest BCUT2D eigenvalue weighted by Gasteiger charge is 2.19. The molecule has 1 aromatic carbocycles. The number of rotatable bonds is 4. The van der Waals surface area contributed by atoms with Crippen molar-refractivity contribution in [2.24, 2.45) is 0 Å². The fourth-order valence-corrected chi connectivity index (χ4v) is 1.56. The van der Waals surface area contributed by atoms with Gasteiger partial charge in [-0.2, -0.15) is 0 Å². The van der Waals surface area contributed by atoms with Gasteiger partial charge < -0.3 is 4.74 Å². The summed E-state index contributed by atoms with van der Waals surface area (Å²) in [5, 5.41) is 0. The number of benzene rings is 1. The lowest BCUT2D eigenvalue weighted by molar-refractivity contribution is -0.156. The van der Waals surface area contributed by atoms with Gasteiger partial charge in [-0.1, -0.05) is 29.7 Å². The van der Waals surface area contributed by atoms with Crippen molar-refractivity contribution in [1.82, 2.24) is 10.9 Å². The molecule has 0 saturated heterocycles. The van der Waals surface area contributed by atoms with Gasteiger partial charge >= 0.3 is 5.97 Å². The van der Waals surface area contributed by atoms with E-state index in [0.717, 1.165) is 5.56 Å². The van der Waals surface area contributed by atoms with Gasteiger partial charge in [-0.3, -0.25) is 25.2 Å². The van der Waals surface area contributed by atoms with Crippen molar-refractivity contribution >= 4 is 31.1 Å². The average Bonchev–Trinajstić information content (AvgIpc) is 2.37. The highest BCUT2D eigenvalue weighted by atomic mass is 16.6. The highest BCUT2D eigenvalue weighted by Crippen LogP contribution is 2.07. The van der Waals surface area contributed by atoms with Crippen molar-refractivity contribution in [2.45, 2.75) is 39.2 Å². The number of hydrazine groups is 1. The summed E-state index contributed by atoms with van der Waals surface area (Å²) >= 11 is 0. The smallest absolute Gasteiger partial charge is 0.315 e. The minimum atomic E-state index is -0.657. The third-order valence-corrected chi connectivity index (χ3v) is 2.41. The number of carbonyl (C=O) groups excluding carboxylic acids is 3. The second-order valence-corrected chi connectivity index (χ2v) is 5.78. The maximum absolute atomic E-state index is 11.6. The molecule has 0 aliphatic carbocycles. The quantitative estimate of drug-likeness (QED) is 0.352. The number of hydrogen-bond donors (Lipinski definition) is 2. The van der Waals surface area contributed by atoms with Crippen LogP contribution in [0.3, 0.4) is 0 Å². The number of nitrogens with one attached hydrogen (secondary N) is 2. The number of ether oxygens (including phenoxy) is 1. The van der Waals surface area contributed by atoms with E-state index in [1.807, 2.05) is 0 Å². The predicted octanol–water partition coefficient (Wildman–Crippen LogP) is -0.0979. The number of amides is 2. The maximum Gasteiger partial charge on any atom is 0.315 e. The topological polar surface area (TPSA) is 84.5 Å². The van der Waals surface area contributed by atoms with Crippen molar-refractivity contribution in [3.63, 3.8) is 0 Å². The third kappa shape index (κ3) is 7.47. The Kier molecular flexibility index (Phi) is 6.16. The summed E-state index contributed by atoms with van der Waals surface area (Å²) in [5.41, 5.74) is 5.11. The zero-order valence-electron chi connectivity index (χ0n) is 12.9. The first-order valence-electron chi connectivity index (χ1n) is 6.79. The molecule has 22 heavy (non-hydrogen) atoms. The minimum absolute atomic E-state index is 0.0903. The Morgan fingerprint density at radius 3 is 2.14 bits per heavy atom. The van der Waals surface area contributed by atoms with Gasteiger partial charge in [0.2, 0.25) is 11.8 Å². The molecule has 7 heteroatoms. The molecule has 2 amide bonds. The molecule has 2 N–H and O–H groups in total. The summed E-state index contributed by atoms with van der Waals surface area (Å²) < 4.78 is 5.00. The van der Waals surface area contributed by atoms with E-state index in [2.05, 4.69) is 10.9 Å². The van der Waals surface area contributed by atoms with Crippen molar-refractivity contribution in [3.8, 4) is 0 Å². The van der Waals surface area contributed by atoms with Crippen LogP contribution in [0.25, 0.3) is 0 Å². The van der Waals surface area contributed by atoms with Gasteiger partial charge in [0, 0.05) is 0 Å². The molecule has 0 aliphatic rings. The van der Waals surface area contributed by atoms with Crippen LogP contribution in [-0.4, -0.2) is 31.2 Å². The fraction of sp³-hybridized carbons (Fsp3) is 0.400. The van der Waals surface area contributed by atoms with Gasteiger partial charge in [0.1, 0.15) is 19.9 Å². The second-order valence-electron chi connectivity index (χ2n) is 5.78. The molecular weight excluding hydrogens is 283 g/mol. The Bertz CT molecular complexity index is 550. The zero-order valence-corrected chi connectivity index (χ0v) is 12.9. The van der Waals surface area contributed by atoms with Crippen molar-refractivity contribution < 1.29 is 19.1 Å². The summed E-state index contributed by atoms with van der Waals surface area (Å²) in [5.74, 6) is -1.69. The highest BCUT2D eigenvalue weighted by molar-refractivity contribution is 6.32. The van der Waals surface area contributed by atoms with Crippen LogP contribution >= 0.6 is 0 Å². The van der Waals surface area contributed by atoms with Crippen LogP contribution in [0, 0.1) is 0 Å². The van der Waals surface area contributed by atoms with E-state index in [9.17, 15) is 14.4 Å². The standard InChI is InChI=1S/C15H19BN2O4/c1-15(2,3)22-14(21)9-13(20)18-17-12(19)8-10-4-6-11(16)7-5-10/h4-7H,8-9H2,1-3H3,(H,17,19)(H,18,20). The maximum atomic E-state index is 11.6. The van der Waals surface area contributed by atoms with Crippen LogP contribution in [0.5, 0.6) is 0 Å². The molecule has 2 radical (unpaired) electrons. The lowest BCUT2D eigenvalue weighted by atomic mass is 9.95. The van der Waals surface area contributed by atoms with Crippen LogP contribution in [0.1, 0.15) is 32.8 Å². The molecule has 1 rings (SSSR count). The van der Waals surface area contributed by atoms with E-state index in [0.29, 0.717) is 5.46 Å². The number of carbonyl (C=O) groups is 3. The largest absolute Gasteiger partial charge is 0.460 e. The van der Waals surface area contributed by atoms with Gasteiger partial charge in [-0.25, -0.2) is 0 Å². The SMILES string of the molecule is [B]c1ccc(CC(=O)NNC(=O)CC(=O)OC(C)(C)C)cc1. The molecule has 0 unspecified atom stereocenters. The van der Waals surface area contributed by atoms with E-state index in [4.69, 9.17) is 12.6 Å². The summed E-state index contributed by atoms with van der Waals surface area (Å²) in [6.45, 7) is 5.12. The van der Waals surface area contributed by atoms with Gasteiger partial charge in [-0.05, 0) is 26.3 Å². The molecular formula is C15H19BN2O4. The summed E-state index contributed by atoms with van der Waals surface area (Å²) in [6.07, 6.45) is -0.369. The van der Waals surface area contributed by atoms with Gasteiger partial charge in [0.15, 0.2) is 0 Å². The van der Waals surface area contributed by atoms with Crippen molar-refractivity contribution in [1.29, 1.82) is 0 Å². The van der Waals surface area contributed by atoms with Crippen LogP contribution in [-0.2, 0) is 25.5 Å². The van der Waals surface area contributed by atoms with E-state index in [-0.39, 0.29) is 6.42 Å². The first-order valence-corrected chi connectivity index (χ1v) is 6.79. The first kappa shape index (κ1) is 17.7. The molecule has 6 nitrogen and oxygen atoms in total. The molecule has 0 spiro atoms. The first-order chi connectivity index (χ1) is 10.2. The van der Waals surface area contributed by atoms with Gasteiger partial charge in [-0.15, -0.1) is 0 Å². The molecule has 0 bridgehead atoms. The Hall–Kier alpha value is -2.31. The Morgan fingerprint density at radius 1 is 1.05 bits per heavy atom. The minimum Gasteiger partial charge on any atom is -0.460 e. The molecule has 0 fully saturated rings. The monoisotopic (exact) mass is 302 g/mol. The Morgan fingerprint density at radius 2 is 1.59 bits per heavy atom. The summed E-state index contributed by atoms with van der Waals surface area (Å²) in [7, 11) is 5.54. The normalized spacial score (nSPS) is 10.7. The van der Waals surface area contributed by atoms with Crippen LogP contribution in [0.2, 0.25) is 0 Å². The third-order valence-electron chi connectivity index (χ3n) is 2.41. The van der Waals surface area contributed by atoms with Crippen LogP contribution in [0.4, 0.5) is 0 Å². The Labute approximate surface area is 131 Å². The average molecular weight is 302 g/mol.